The van der Waals surface area contributed by atoms with E-state index in [9.17, 15) is 4.79 Å². The van der Waals surface area contributed by atoms with E-state index >= 15 is 0 Å². The van der Waals surface area contributed by atoms with Crippen molar-refractivity contribution in [1.82, 2.24) is 5.32 Å². The number of carbonyl (C=O) groups is 1. The Balaban J connectivity index is 2.10. The quantitative estimate of drug-likeness (QED) is 0.890. The van der Waals surface area contributed by atoms with E-state index in [-0.39, 0.29) is 17.4 Å². The lowest BCUT2D eigenvalue weighted by molar-refractivity contribution is -0.124. The maximum Gasteiger partial charge on any atom is 0.230 e. The minimum atomic E-state index is -0.368. The van der Waals surface area contributed by atoms with Gasteiger partial charge >= 0.3 is 0 Å². The molecule has 0 heterocycles. The van der Waals surface area contributed by atoms with Gasteiger partial charge in [-0.25, -0.2) is 0 Å². The van der Waals surface area contributed by atoms with Gasteiger partial charge < -0.3 is 10.1 Å². The molecule has 1 aliphatic rings. The number of methoxy groups -OCH3 is 1. The molecule has 1 fully saturated rings. The average Bonchev–Trinajstić information content (AvgIpc) is 3.10. The molecule has 1 saturated carbocycles. The average molecular weight is 268 g/mol. The molecule has 0 spiro atoms. The Labute approximate surface area is 112 Å². The van der Waals surface area contributed by atoms with Gasteiger partial charge in [-0.15, -0.1) is 0 Å². The minimum absolute atomic E-state index is 0.0270. The molecule has 0 saturated heterocycles. The van der Waals surface area contributed by atoms with E-state index in [1.165, 1.54) is 0 Å². The first-order valence-corrected chi connectivity index (χ1v) is 6.52. The zero-order valence-electron chi connectivity index (χ0n) is 10.7. The summed E-state index contributed by atoms with van der Waals surface area (Å²) in [7, 11) is 1.63. The summed E-state index contributed by atoms with van der Waals surface area (Å²) in [5, 5.41) is 3.67. The Morgan fingerprint density at radius 1 is 1.56 bits per heavy atom. The van der Waals surface area contributed by atoms with E-state index in [1.54, 1.807) is 7.11 Å². The van der Waals surface area contributed by atoms with Gasteiger partial charge in [0.05, 0.1) is 12.0 Å². The lowest BCUT2D eigenvalue weighted by atomic mass is 9.95. The summed E-state index contributed by atoms with van der Waals surface area (Å²) in [4.78, 5) is 12.3. The van der Waals surface area contributed by atoms with Gasteiger partial charge in [0.15, 0.2) is 0 Å². The maximum absolute atomic E-state index is 12.3. The minimum Gasteiger partial charge on any atom is -0.383 e. The standard InChI is InChI=1S/C14H18ClNO2/c1-10(9-18-2)16-13(17)14(6-7-14)11-4-3-5-12(15)8-11/h3-5,8,10H,6-7,9H2,1-2H3,(H,16,17)/t10-/m1/s1. The molecule has 1 aromatic carbocycles. The Morgan fingerprint density at radius 2 is 2.28 bits per heavy atom. The fraction of sp³-hybridized carbons (Fsp3) is 0.500. The number of carbonyl (C=O) groups excluding carboxylic acids is 1. The number of hydrogen-bond donors (Lipinski definition) is 1. The highest BCUT2D eigenvalue weighted by molar-refractivity contribution is 6.30. The number of halogens is 1. The summed E-state index contributed by atoms with van der Waals surface area (Å²) in [6.07, 6.45) is 1.78. The summed E-state index contributed by atoms with van der Waals surface area (Å²) in [6, 6.07) is 7.60. The highest BCUT2D eigenvalue weighted by Gasteiger charge is 2.51. The summed E-state index contributed by atoms with van der Waals surface area (Å²) < 4.78 is 5.03. The number of ether oxygens (including phenoxy) is 1. The van der Waals surface area contributed by atoms with Crippen LogP contribution in [-0.2, 0) is 14.9 Å². The monoisotopic (exact) mass is 267 g/mol. The van der Waals surface area contributed by atoms with Gasteiger partial charge in [0.25, 0.3) is 0 Å². The molecule has 0 radical (unpaired) electrons. The van der Waals surface area contributed by atoms with Crippen LogP contribution in [-0.4, -0.2) is 25.7 Å². The van der Waals surface area contributed by atoms with E-state index < -0.39 is 0 Å². The number of rotatable bonds is 5. The largest absolute Gasteiger partial charge is 0.383 e. The van der Waals surface area contributed by atoms with E-state index in [0.717, 1.165) is 18.4 Å². The summed E-state index contributed by atoms with van der Waals surface area (Å²) in [6.45, 7) is 2.47. The van der Waals surface area contributed by atoms with Crippen molar-refractivity contribution in [2.24, 2.45) is 0 Å². The Kier molecular flexibility index (Phi) is 3.93. The lowest BCUT2D eigenvalue weighted by Gasteiger charge is -2.19. The molecule has 18 heavy (non-hydrogen) atoms. The van der Waals surface area contributed by atoms with Gasteiger partial charge in [-0.2, -0.15) is 0 Å². The van der Waals surface area contributed by atoms with Gasteiger partial charge in [0.2, 0.25) is 5.91 Å². The fourth-order valence-electron chi connectivity index (χ4n) is 2.21. The SMILES string of the molecule is COC[C@@H](C)NC(=O)C1(c2cccc(Cl)c2)CC1. The maximum atomic E-state index is 12.3. The van der Waals surface area contributed by atoms with Crippen molar-refractivity contribution in [2.75, 3.05) is 13.7 Å². The van der Waals surface area contributed by atoms with Crippen molar-refractivity contribution in [2.45, 2.75) is 31.2 Å². The highest BCUT2D eigenvalue weighted by atomic mass is 35.5. The second kappa shape index (κ2) is 5.29. The number of hydrogen-bond acceptors (Lipinski definition) is 2. The summed E-state index contributed by atoms with van der Waals surface area (Å²) in [5.74, 6) is 0.0781. The lowest BCUT2D eigenvalue weighted by Crippen LogP contribution is -2.42. The molecule has 1 atom stereocenters. The second-order valence-corrected chi connectivity index (χ2v) is 5.36. The molecule has 0 aromatic heterocycles. The first-order chi connectivity index (χ1) is 8.58. The van der Waals surface area contributed by atoms with Crippen LogP contribution in [0.1, 0.15) is 25.3 Å². The van der Waals surface area contributed by atoms with Crippen LogP contribution in [0.4, 0.5) is 0 Å². The molecule has 0 aliphatic heterocycles. The van der Waals surface area contributed by atoms with Crippen LogP contribution in [0, 0.1) is 0 Å². The first kappa shape index (κ1) is 13.4. The van der Waals surface area contributed by atoms with Crippen LogP contribution in [0.5, 0.6) is 0 Å². The van der Waals surface area contributed by atoms with E-state index in [2.05, 4.69) is 5.32 Å². The molecule has 0 unspecified atom stereocenters. The molecule has 1 aromatic rings. The third-order valence-electron chi connectivity index (χ3n) is 3.36. The number of amides is 1. The normalized spacial score (nSPS) is 18.2. The zero-order chi connectivity index (χ0) is 13.2. The van der Waals surface area contributed by atoms with Crippen molar-refractivity contribution in [3.8, 4) is 0 Å². The van der Waals surface area contributed by atoms with Crippen molar-refractivity contribution >= 4 is 17.5 Å². The molecule has 0 bridgehead atoms. The third kappa shape index (κ3) is 2.68. The molecule has 1 N–H and O–H groups in total. The molecule has 98 valence electrons. The Hall–Kier alpha value is -1.06. The van der Waals surface area contributed by atoms with Crippen LogP contribution in [0.2, 0.25) is 5.02 Å². The zero-order valence-corrected chi connectivity index (χ0v) is 11.5. The first-order valence-electron chi connectivity index (χ1n) is 6.14. The smallest absolute Gasteiger partial charge is 0.230 e. The van der Waals surface area contributed by atoms with E-state index in [4.69, 9.17) is 16.3 Å². The highest BCUT2D eigenvalue weighted by Crippen LogP contribution is 2.48. The van der Waals surface area contributed by atoms with Crippen molar-refractivity contribution in [1.29, 1.82) is 0 Å². The number of nitrogens with one attached hydrogen (secondary N) is 1. The fourth-order valence-corrected chi connectivity index (χ4v) is 2.40. The summed E-state index contributed by atoms with van der Waals surface area (Å²) in [5.41, 5.74) is 0.643. The number of benzene rings is 1. The molecule has 1 aliphatic carbocycles. The molecular weight excluding hydrogens is 250 g/mol. The van der Waals surface area contributed by atoms with Crippen LogP contribution in [0.15, 0.2) is 24.3 Å². The van der Waals surface area contributed by atoms with Crippen LogP contribution in [0.25, 0.3) is 0 Å². The van der Waals surface area contributed by atoms with Gasteiger partial charge in [0.1, 0.15) is 0 Å². The molecule has 4 heteroatoms. The Bertz CT molecular complexity index is 443. The van der Waals surface area contributed by atoms with Gasteiger partial charge in [-0.1, -0.05) is 23.7 Å². The topological polar surface area (TPSA) is 38.3 Å². The predicted molar refractivity (Wildman–Crippen MR) is 71.8 cm³/mol. The van der Waals surface area contributed by atoms with Crippen LogP contribution in [0.3, 0.4) is 0 Å². The van der Waals surface area contributed by atoms with E-state index in [1.807, 2.05) is 31.2 Å². The molecule has 3 nitrogen and oxygen atoms in total. The van der Waals surface area contributed by atoms with Crippen LogP contribution >= 0.6 is 11.6 Å². The van der Waals surface area contributed by atoms with Crippen molar-refractivity contribution in [3.05, 3.63) is 34.9 Å². The Morgan fingerprint density at radius 3 is 2.83 bits per heavy atom. The summed E-state index contributed by atoms with van der Waals surface area (Å²) >= 11 is 5.99. The van der Waals surface area contributed by atoms with E-state index in [0.29, 0.717) is 11.6 Å². The third-order valence-corrected chi connectivity index (χ3v) is 3.59. The molecule has 1 amide bonds. The second-order valence-electron chi connectivity index (χ2n) is 4.92. The van der Waals surface area contributed by atoms with Crippen LogP contribution < -0.4 is 5.32 Å². The molecular formula is C14H18ClNO2. The van der Waals surface area contributed by atoms with Crippen molar-refractivity contribution < 1.29 is 9.53 Å². The van der Waals surface area contributed by atoms with Gasteiger partial charge in [0, 0.05) is 18.2 Å². The predicted octanol–water partition coefficient (Wildman–Crippen LogP) is 2.52. The van der Waals surface area contributed by atoms with Gasteiger partial charge in [-0.3, -0.25) is 4.79 Å². The molecule has 2 rings (SSSR count). The van der Waals surface area contributed by atoms with Gasteiger partial charge in [-0.05, 0) is 37.5 Å². The van der Waals surface area contributed by atoms with Crippen molar-refractivity contribution in [3.63, 3.8) is 0 Å².